The van der Waals surface area contributed by atoms with Gasteiger partial charge in [-0.05, 0) is 67.0 Å². The molecule has 1 amide bonds. The second-order valence-electron chi connectivity index (χ2n) is 5.25. The van der Waals surface area contributed by atoms with E-state index in [1.54, 1.807) is 18.2 Å². The molecule has 126 valence electrons. The lowest BCUT2D eigenvalue weighted by atomic mass is 10.0. The highest BCUT2D eigenvalue weighted by atomic mass is 35.5. The number of thiocarbonyl (C=S) groups is 1. The molecule has 0 aromatic heterocycles. The summed E-state index contributed by atoms with van der Waals surface area (Å²) in [6.45, 7) is 3.91. The monoisotopic (exact) mass is 381 g/mol. The summed E-state index contributed by atoms with van der Waals surface area (Å²) < 4.78 is 0. The molecule has 0 radical (unpaired) electrons. The summed E-state index contributed by atoms with van der Waals surface area (Å²) in [5.41, 5.74) is 9.29. The Morgan fingerprint density at radius 3 is 2.50 bits per heavy atom. The fraction of sp³-hybridized carbons (Fsp3) is 0.176. The van der Waals surface area contributed by atoms with Gasteiger partial charge in [0.05, 0.1) is 10.6 Å². The van der Waals surface area contributed by atoms with Crippen LogP contribution in [0.3, 0.4) is 0 Å². The molecule has 7 heteroatoms. The van der Waals surface area contributed by atoms with E-state index in [1.807, 2.05) is 26.0 Å². The van der Waals surface area contributed by atoms with Gasteiger partial charge in [-0.3, -0.25) is 4.79 Å². The lowest BCUT2D eigenvalue weighted by Gasteiger charge is -2.16. The van der Waals surface area contributed by atoms with Gasteiger partial charge in [-0.25, -0.2) is 0 Å². The van der Waals surface area contributed by atoms with E-state index < -0.39 is 0 Å². The molecule has 0 atom stereocenters. The Labute approximate surface area is 156 Å². The van der Waals surface area contributed by atoms with Crippen LogP contribution >= 0.6 is 35.4 Å². The Morgan fingerprint density at radius 2 is 1.92 bits per heavy atom. The number of halogens is 2. The molecule has 4 N–H and O–H groups in total. The third-order valence-electron chi connectivity index (χ3n) is 3.48. The van der Waals surface area contributed by atoms with E-state index in [1.165, 1.54) is 0 Å². The molecule has 0 aliphatic heterocycles. The molecule has 24 heavy (non-hydrogen) atoms. The molecule has 0 bridgehead atoms. The van der Waals surface area contributed by atoms with Crippen molar-refractivity contribution in [3.8, 4) is 0 Å². The molecule has 0 saturated heterocycles. The number of amides is 1. The average molecular weight is 382 g/mol. The Hall–Kier alpha value is -1.82. The number of nitrogens with one attached hydrogen (secondary N) is 2. The molecule has 0 unspecified atom stereocenters. The van der Waals surface area contributed by atoms with Gasteiger partial charge in [0, 0.05) is 16.4 Å². The van der Waals surface area contributed by atoms with Crippen LogP contribution in [0.4, 0.5) is 11.4 Å². The van der Waals surface area contributed by atoms with Crippen LogP contribution in [0, 0.1) is 6.92 Å². The van der Waals surface area contributed by atoms with Crippen molar-refractivity contribution in [3.63, 3.8) is 0 Å². The zero-order valence-corrected chi connectivity index (χ0v) is 15.6. The Bertz CT molecular complexity index is 809. The van der Waals surface area contributed by atoms with Crippen LogP contribution in [0.2, 0.25) is 10.0 Å². The van der Waals surface area contributed by atoms with E-state index in [9.17, 15) is 4.79 Å². The van der Waals surface area contributed by atoms with Gasteiger partial charge in [0.1, 0.15) is 0 Å². The predicted molar refractivity (Wildman–Crippen MR) is 105 cm³/mol. The molecule has 2 aromatic carbocycles. The normalized spacial score (nSPS) is 10.3. The van der Waals surface area contributed by atoms with Crippen molar-refractivity contribution in [2.75, 3.05) is 10.6 Å². The Morgan fingerprint density at radius 1 is 1.21 bits per heavy atom. The summed E-state index contributed by atoms with van der Waals surface area (Å²) in [4.78, 5) is 12.5. The second kappa shape index (κ2) is 7.83. The van der Waals surface area contributed by atoms with Crippen molar-refractivity contribution in [1.82, 2.24) is 0 Å². The molecule has 0 heterocycles. The van der Waals surface area contributed by atoms with Gasteiger partial charge >= 0.3 is 0 Å². The van der Waals surface area contributed by atoms with E-state index >= 15 is 0 Å². The third kappa shape index (κ3) is 4.38. The highest BCUT2D eigenvalue weighted by molar-refractivity contribution is 7.80. The van der Waals surface area contributed by atoms with Gasteiger partial charge in [-0.1, -0.05) is 30.1 Å². The van der Waals surface area contributed by atoms with Crippen LogP contribution in [0.5, 0.6) is 0 Å². The smallest absolute Gasteiger partial charge is 0.257 e. The molecular formula is C17H17Cl2N3OS. The highest BCUT2D eigenvalue weighted by Crippen LogP contribution is 2.28. The fourth-order valence-corrected chi connectivity index (χ4v) is 3.00. The summed E-state index contributed by atoms with van der Waals surface area (Å²) in [7, 11) is 0. The number of hydrogen-bond acceptors (Lipinski definition) is 2. The van der Waals surface area contributed by atoms with Crippen molar-refractivity contribution in [2.24, 2.45) is 5.73 Å². The summed E-state index contributed by atoms with van der Waals surface area (Å²) in [6, 6.07) is 8.55. The first-order valence-corrected chi connectivity index (χ1v) is 8.44. The van der Waals surface area contributed by atoms with Crippen molar-refractivity contribution >= 4 is 57.8 Å². The molecule has 2 aromatic rings. The number of hydrogen-bond donors (Lipinski definition) is 3. The van der Waals surface area contributed by atoms with E-state index in [0.717, 1.165) is 28.9 Å². The van der Waals surface area contributed by atoms with Gasteiger partial charge in [-0.2, -0.15) is 0 Å². The number of carbonyl (C=O) groups excluding carboxylic acids is 1. The van der Waals surface area contributed by atoms with Gasteiger partial charge in [0.25, 0.3) is 5.91 Å². The summed E-state index contributed by atoms with van der Waals surface area (Å²) in [5.74, 6) is -0.287. The minimum Gasteiger partial charge on any atom is -0.376 e. The zero-order valence-electron chi connectivity index (χ0n) is 13.2. The van der Waals surface area contributed by atoms with E-state index in [2.05, 4.69) is 10.6 Å². The Balaban J connectivity index is 2.34. The lowest BCUT2D eigenvalue weighted by Crippen LogP contribution is -2.20. The van der Waals surface area contributed by atoms with Crippen molar-refractivity contribution in [2.45, 2.75) is 20.3 Å². The molecule has 2 rings (SSSR count). The summed E-state index contributed by atoms with van der Waals surface area (Å²) in [5, 5.41) is 6.82. The van der Waals surface area contributed by atoms with Crippen molar-refractivity contribution in [1.29, 1.82) is 0 Å². The van der Waals surface area contributed by atoms with E-state index in [4.69, 9.17) is 41.2 Å². The van der Waals surface area contributed by atoms with Crippen LogP contribution in [-0.2, 0) is 6.42 Å². The minimum atomic E-state index is -0.287. The van der Waals surface area contributed by atoms with Crippen molar-refractivity contribution in [3.05, 3.63) is 57.1 Å². The first kappa shape index (κ1) is 18.5. The van der Waals surface area contributed by atoms with Crippen LogP contribution in [0.1, 0.15) is 28.4 Å². The lowest BCUT2D eigenvalue weighted by molar-refractivity contribution is 0.102. The highest BCUT2D eigenvalue weighted by Gasteiger charge is 2.15. The maximum Gasteiger partial charge on any atom is 0.257 e. The van der Waals surface area contributed by atoms with Gasteiger partial charge < -0.3 is 16.4 Å². The second-order valence-corrected chi connectivity index (χ2v) is 6.53. The van der Waals surface area contributed by atoms with Crippen LogP contribution in [0.15, 0.2) is 30.3 Å². The summed E-state index contributed by atoms with van der Waals surface area (Å²) in [6.07, 6.45) is 0.734. The average Bonchev–Trinajstić information content (AvgIpc) is 2.48. The van der Waals surface area contributed by atoms with Crippen LogP contribution < -0.4 is 16.4 Å². The maximum absolute atomic E-state index is 12.5. The molecular weight excluding hydrogens is 365 g/mol. The van der Waals surface area contributed by atoms with Gasteiger partial charge in [-0.15, -0.1) is 0 Å². The number of benzene rings is 2. The fourth-order valence-electron chi connectivity index (χ4n) is 2.39. The topological polar surface area (TPSA) is 67.2 Å². The van der Waals surface area contributed by atoms with Crippen LogP contribution in [-0.4, -0.2) is 11.0 Å². The number of anilines is 2. The zero-order chi connectivity index (χ0) is 17.9. The first-order valence-electron chi connectivity index (χ1n) is 7.28. The quantitative estimate of drug-likeness (QED) is 0.667. The molecule has 0 saturated carbocycles. The molecule has 4 nitrogen and oxygen atoms in total. The van der Waals surface area contributed by atoms with Gasteiger partial charge in [0.2, 0.25) is 0 Å². The predicted octanol–water partition coefficient (Wildman–Crippen LogP) is 4.77. The number of rotatable bonds is 4. The number of aryl methyl sites for hydroxylation is 2. The molecule has 0 spiro atoms. The summed E-state index contributed by atoms with van der Waals surface area (Å²) >= 11 is 16.8. The largest absolute Gasteiger partial charge is 0.376 e. The number of nitrogens with two attached hydrogens (primary N) is 1. The molecule has 0 aliphatic rings. The minimum absolute atomic E-state index is 0.196. The third-order valence-corrected chi connectivity index (χ3v) is 4.13. The standard InChI is InChI=1S/C17H17Cl2N3OS/c1-3-10-7-12(21-17(20)24)6-9(2)15(10)22-16(23)13-5-4-11(18)8-14(13)19/h4-8H,3H2,1-2H3,(H,22,23)(H3,20,21,24). The van der Waals surface area contributed by atoms with Crippen molar-refractivity contribution < 1.29 is 4.79 Å². The van der Waals surface area contributed by atoms with Gasteiger partial charge in [0.15, 0.2) is 5.11 Å². The SMILES string of the molecule is CCc1cc(NC(N)=S)cc(C)c1NC(=O)c1ccc(Cl)cc1Cl. The van der Waals surface area contributed by atoms with E-state index in [-0.39, 0.29) is 11.0 Å². The van der Waals surface area contributed by atoms with Crippen LogP contribution in [0.25, 0.3) is 0 Å². The van der Waals surface area contributed by atoms with E-state index in [0.29, 0.717) is 15.6 Å². The molecule has 0 aliphatic carbocycles. The first-order chi connectivity index (χ1) is 11.3. The molecule has 0 fully saturated rings. The number of carbonyl (C=O) groups is 1. The maximum atomic E-state index is 12.5. The Kier molecular flexibility index (Phi) is 6.04.